The van der Waals surface area contributed by atoms with Gasteiger partial charge in [0, 0.05) is 11.0 Å². The van der Waals surface area contributed by atoms with Gasteiger partial charge in [-0.2, -0.15) is 0 Å². The second-order valence-electron chi connectivity index (χ2n) is 7.46. The quantitative estimate of drug-likeness (QED) is 0.409. The van der Waals surface area contributed by atoms with E-state index in [2.05, 4.69) is 5.32 Å². The predicted molar refractivity (Wildman–Crippen MR) is 115 cm³/mol. The molecule has 1 aliphatic rings. The third-order valence-electron chi connectivity index (χ3n) is 4.71. The van der Waals surface area contributed by atoms with Gasteiger partial charge in [0.05, 0.1) is 11.7 Å². The van der Waals surface area contributed by atoms with Gasteiger partial charge in [-0.25, -0.2) is 4.79 Å². The minimum absolute atomic E-state index is 0.196. The Morgan fingerprint density at radius 2 is 1.82 bits per heavy atom. The predicted octanol–water partition coefficient (Wildman–Crippen LogP) is 5.54. The van der Waals surface area contributed by atoms with Gasteiger partial charge < -0.3 is 10.1 Å². The monoisotopic (exact) mass is 397 g/mol. The number of benzene rings is 1. The van der Waals surface area contributed by atoms with Crippen LogP contribution in [0.15, 0.2) is 30.3 Å². The Kier molecular flexibility index (Phi) is 6.68. The van der Waals surface area contributed by atoms with Gasteiger partial charge in [-0.15, -0.1) is 11.3 Å². The van der Waals surface area contributed by atoms with Crippen molar-refractivity contribution in [2.75, 3.05) is 5.32 Å². The van der Waals surface area contributed by atoms with Crippen molar-refractivity contribution in [3.05, 3.63) is 57.5 Å². The van der Waals surface area contributed by atoms with E-state index in [9.17, 15) is 9.59 Å². The van der Waals surface area contributed by atoms with E-state index in [1.807, 2.05) is 45.0 Å². The second-order valence-corrected chi connectivity index (χ2v) is 8.56. The standard InChI is InChI=1S/C23H27NO3S/c1-15(2)27-23(26)21-18-7-5-4-6-8-19(18)28-22(21)24-20(25)14-13-17-11-9-16(3)10-12-17/h9-15H,4-8H2,1-3H3,(H,24,25)/b14-13+. The van der Waals surface area contributed by atoms with Crippen molar-refractivity contribution in [1.29, 1.82) is 0 Å². The number of carbonyl (C=O) groups excluding carboxylic acids is 2. The first-order chi connectivity index (χ1) is 13.4. The fourth-order valence-electron chi connectivity index (χ4n) is 3.32. The van der Waals surface area contributed by atoms with Crippen LogP contribution in [0.25, 0.3) is 6.08 Å². The van der Waals surface area contributed by atoms with E-state index >= 15 is 0 Å². The van der Waals surface area contributed by atoms with Gasteiger partial charge in [0.1, 0.15) is 5.00 Å². The molecule has 2 aromatic rings. The number of nitrogens with one attached hydrogen (secondary N) is 1. The number of hydrogen-bond acceptors (Lipinski definition) is 4. The number of ether oxygens (including phenoxy) is 1. The van der Waals surface area contributed by atoms with Crippen LogP contribution in [-0.2, 0) is 22.4 Å². The average Bonchev–Trinajstić information content (AvgIpc) is 2.81. The maximum absolute atomic E-state index is 12.7. The zero-order chi connectivity index (χ0) is 20.1. The number of rotatable bonds is 5. The summed E-state index contributed by atoms with van der Waals surface area (Å²) in [6, 6.07) is 7.96. The Hall–Kier alpha value is -2.40. The van der Waals surface area contributed by atoms with E-state index in [1.54, 1.807) is 6.08 Å². The van der Waals surface area contributed by atoms with E-state index in [0.29, 0.717) is 10.6 Å². The van der Waals surface area contributed by atoms with Crippen LogP contribution >= 0.6 is 11.3 Å². The molecule has 1 N–H and O–H groups in total. The van der Waals surface area contributed by atoms with E-state index < -0.39 is 0 Å². The van der Waals surface area contributed by atoms with Gasteiger partial charge in [-0.1, -0.05) is 36.2 Å². The minimum atomic E-state index is -0.341. The highest BCUT2D eigenvalue weighted by Crippen LogP contribution is 2.38. The highest BCUT2D eigenvalue weighted by atomic mass is 32.1. The van der Waals surface area contributed by atoms with Crippen molar-refractivity contribution in [3.63, 3.8) is 0 Å². The maximum atomic E-state index is 12.7. The van der Waals surface area contributed by atoms with Crippen LogP contribution in [0.2, 0.25) is 0 Å². The first-order valence-electron chi connectivity index (χ1n) is 9.85. The molecule has 1 aromatic heterocycles. The zero-order valence-electron chi connectivity index (χ0n) is 16.7. The number of amides is 1. The topological polar surface area (TPSA) is 55.4 Å². The zero-order valence-corrected chi connectivity index (χ0v) is 17.5. The molecule has 1 amide bonds. The number of hydrogen-bond donors (Lipinski definition) is 1. The van der Waals surface area contributed by atoms with Gasteiger partial charge >= 0.3 is 5.97 Å². The molecule has 0 fully saturated rings. The lowest BCUT2D eigenvalue weighted by molar-refractivity contribution is -0.111. The summed E-state index contributed by atoms with van der Waals surface area (Å²) < 4.78 is 5.46. The van der Waals surface area contributed by atoms with Crippen LogP contribution < -0.4 is 5.32 Å². The Bertz CT molecular complexity index is 878. The lowest BCUT2D eigenvalue weighted by Gasteiger charge is -2.11. The summed E-state index contributed by atoms with van der Waals surface area (Å²) in [5.74, 6) is -0.581. The van der Waals surface area contributed by atoms with Crippen molar-refractivity contribution in [2.45, 2.75) is 59.0 Å². The fraction of sp³-hybridized carbons (Fsp3) is 0.391. The van der Waals surface area contributed by atoms with Gasteiger partial charge in [0.25, 0.3) is 0 Å². The molecule has 0 atom stereocenters. The molecule has 0 unspecified atom stereocenters. The highest BCUT2D eigenvalue weighted by molar-refractivity contribution is 7.17. The number of carbonyl (C=O) groups is 2. The third kappa shape index (κ3) is 5.10. The minimum Gasteiger partial charge on any atom is -0.459 e. The summed E-state index contributed by atoms with van der Waals surface area (Å²) in [6.07, 6.45) is 8.26. The first-order valence-corrected chi connectivity index (χ1v) is 10.7. The molecule has 0 bridgehead atoms. The van der Waals surface area contributed by atoms with Gasteiger partial charge in [-0.3, -0.25) is 4.79 Å². The van der Waals surface area contributed by atoms with Crippen LogP contribution in [0.1, 0.15) is 65.0 Å². The molecule has 148 valence electrons. The average molecular weight is 398 g/mol. The summed E-state index contributed by atoms with van der Waals surface area (Å²) in [7, 11) is 0. The lowest BCUT2D eigenvalue weighted by Crippen LogP contribution is -2.16. The first kappa shape index (κ1) is 20.3. The van der Waals surface area contributed by atoms with Crippen LogP contribution in [0.4, 0.5) is 5.00 Å². The maximum Gasteiger partial charge on any atom is 0.341 e. The number of fused-ring (bicyclic) bond motifs is 1. The molecule has 0 saturated heterocycles. The van der Waals surface area contributed by atoms with E-state index in [0.717, 1.165) is 36.8 Å². The number of aryl methyl sites for hydroxylation is 2. The summed E-state index contributed by atoms with van der Waals surface area (Å²) in [6.45, 7) is 5.70. The summed E-state index contributed by atoms with van der Waals surface area (Å²) in [5.41, 5.74) is 3.75. The molecule has 4 nitrogen and oxygen atoms in total. The Morgan fingerprint density at radius 3 is 2.54 bits per heavy atom. The molecular weight excluding hydrogens is 370 g/mol. The van der Waals surface area contributed by atoms with E-state index in [1.165, 1.54) is 34.3 Å². The second kappa shape index (κ2) is 9.20. The third-order valence-corrected chi connectivity index (χ3v) is 5.92. The van der Waals surface area contributed by atoms with Gasteiger partial charge in [-0.05, 0) is 63.7 Å². The van der Waals surface area contributed by atoms with Crippen molar-refractivity contribution in [1.82, 2.24) is 0 Å². The molecular formula is C23H27NO3S. The number of esters is 1. The largest absolute Gasteiger partial charge is 0.459 e. The lowest BCUT2D eigenvalue weighted by atomic mass is 10.1. The Labute approximate surface area is 170 Å². The van der Waals surface area contributed by atoms with Gasteiger partial charge in [0.15, 0.2) is 0 Å². The smallest absolute Gasteiger partial charge is 0.341 e. The highest BCUT2D eigenvalue weighted by Gasteiger charge is 2.26. The van der Waals surface area contributed by atoms with Crippen molar-refractivity contribution >= 4 is 34.3 Å². The summed E-state index contributed by atoms with van der Waals surface area (Å²) in [4.78, 5) is 26.4. The number of anilines is 1. The van der Waals surface area contributed by atoms with E-state index in [4.69, 9.17) is 4.74 Å². The molecule has 0 saturated carbocycles. The van der Waals surface area contributed by atoms with Crippen LogP contribution in [0, 0.1) is 6.92 Å². The van der Waals surface area contributed by atoms with Crippen LogP contribution in [0.3, 0.4) is 0 Å². The molecule has 1 aliphatic carbocycles. The molecule has 5 heteroatoms. The van der Waals surface area contributed by atoms with Crippen molar-refractivity contribution in [3.8, 4) is 0 Å². The summed E-state index contributed by atoms with van der Waals surface area (Å²) >= 11 is 1.52. The number of thiophene rings is 1. The van der Waals surface area contributed by atoms with Crippen molar-refractivity contribution in [2.24, 2.45) is 0 Å². The Balaban J connectivity index is 1.82. The SMILES string of the molecule is Cc1ccc(/C=C/C(=O)Nc2sc3c(c2C(=O)OC(C)C)CCCCC3)cc1. The van der Waals surface area contributed by atoms with Crippen LogP contribution in [-0.4, -0.2) is 18.0 Å². The molecule has 28 heavy (non-hydrogen) atoms. The molecule has 3 rings (SSSR count). The van der Waals surface area contributed by atoms with E-state index in [-0.39, 0.29) is 18.0 Å². The molecule has 0 spiro atoms. The van der Waals surface area contributed by atoms with Crippen LogP contribution in [0.5, 0.6) is 0 Å². The Morgan fingerprint density at radius 1 is 1.11 bits per heavy atom. The van der Waals surface area contributed by atoms with Crippen molar-refractivity contribution < 1.29 is 14.3 Å². The normalized spacial score (nSPS) is 14.0. The summed E-state index contributed by atoms with van der Waals surface area (Å²) in [5, 5.41) is 3.52. The van der Waals surface area contributed by atoms with Gasteiger partial charge in [0.2, 0.25) is 5.91 Å². The fourth-order valence-corrected chi connectivity index (χ4v) is 4.60. The molecule has 0 aliphatic heterocycles. The molecule has 1 heterocycles. The molecule has 1 aromatic carbocycles. The molecule has 0 radical (unpaired) electrons.